The van der Waals surface area contributed by atoms with Gasteiger partial charge in [-0.15, -0.1) is 0 Å². The number of H-pyrrole nitrogens is 1. The van der Waals surface area contributed by atoms with Crippen molar-refractivity contribution in [1.82, 2.24) is 14.5 Å². The number of benzene rings is 2. The minimum absolute atomic E-state index is 0.0376. The first kappa shape index (κ1) is 20.4. The van der Waals surface area contributed by atoms with Gasteiger partial charge in [-0.2, -0.15) is 0 Å². The molecule has 1 N–H and O–H groups in total. The highest BCUT2D eigenvalue weighted by atomic mass is 16.6. The van der Waals surface area contributed by atoms with Crippen LogP contribution in [0.1, 0.15) is 39.4 Å². The zero-order valence-electron chi connectivity index (χ0n) is 18.2. The van der Waals surface area contributed by atoms with E-state index in [1.54, 1.807) is 6.07 Å². The van der Waals surface area contributed by atoms with Crippen LogP contribution in [0.15, 0.2) is 64.3 Å². The molecule has 0 spiro atoms. The number of rotatable bonds is 3. The molecule has 34 heavy (non-hydrogen) atoms. The minimum Gasteiger partial charge on any atom is -0.486 e. The molecule has 8 heteroatoms. The fourth-order valence-electron chi connectivity index (χ4n) is 4.89. The molecule has 0 amide bonds. The third-order valence-corrected chi connectivity index (χ3v) is 6.52. The van der Waals surface area contributed by atoms with Crippen LogP contribution >= 0.6 is 0 Å². The summed E-state index contributed by atoms with van der Waals surface area (Å²) in [6.45, 7) is 1.14. The number of carbonyl (C=O) groups excluding carboxylic acids is 1. The molecule has 8 nitrogen and oxygen atoms in total. The maximum Gasteiger partial charge on any atom is 0.330 e. The van der Waals surface area contributed by atoms with Gasteiger partial charge in [-0.05, 0) is 41.2 Å². The lowest BCUT2D eigenvalue weighted by Gasteiger charge is -2.25. The number of aromatic nitrogens is 3. The molecular formula is C26H21N3O5. The molecular weight excluding hydrogens is 434 g/mol. The van der Waals surface area contributed by atoms with Gasteiger partial charge in [0.2, 0.25) is 0 Å². The van der Waals surface area contributed by atoms with Crippen LogP contribution in [0.2, 0.25) is 0 Å². The van der Waals surface area contributed by atoms with E-state index in [4.69, 9.17) is 9.47 Å². The Kier molecular flexibility index (Phi) is 4.79. The van der Waals surface area contributed by atoms with Crippen molar-refractivity contribution in [3.05, 3.63) is 97.8 Å². The van der Waals surface area contributed by atoms with E-state index < -0.39 is 11.2 Å². The van der Waals surface area contributed by atoms with Crippen LogP contribution in [0, 0.1) is 0 Å². The predicted molar refractivity (Wildman–Crippen MR) is 125 cm³/mol. The third kappa shape index (κ3) is 3.39. The Bertz CT molecular complexity index is 1550. The molecule has 0 radical (unpaired) electrons. The largest absolute Gasteiger partial charge is 0.486 e. The number of hydrogen-bond acceptors (Lipinski definition) is 6. The fourth-order valence-corrected chi connectivity index (χ4v) is 4.89. The lowest BCUT2D eigenvalue weighted by molar-refractivity contribution is 0.0964. The highest BCUT2D eigenvalue weighted by molar-refractivity contribution is 6.02. The van der Waals surface area contributed by atoms with E-state index in [1.165, 1.54) is 10.8 Å². The maximum absolute atomic E-state index is 13.0. The zero-order chi connectivity index (χ0) is 23.2. The van der Waals surface area contributed by atoms with E-state index in [-0.39, 0.29) is 23.9 Å². The SMILES string of the molecule is O=C1CC(c2ccccc2)Cc2c1cnc1c2c(=O)[nH]c(=O)n1Cc1ccc2c(c1)OCCO2. The van der Waals surface area contributed by atoms with E-state index >= 15 is 0 Å². The minimum atomic E-state index is -0.554. The molecule has 0 fully saturated rings. The van der Waals surface area contributed by atoms with Crippen molar-refractivity contribution in [1.29, 1.82) is 0 Å². The van der Waals surface area contributed by atoms with Crippen LogP contribution in [-0.4, -0.2) is 33.5 Å². The van der Waals surface area contributed by atoms with Gasteiger partial charge in [-0.1, -0.05) is 36.4 Å². The van der Waals surface area contributed by atoms with E-state index in [0.717, 1.165) is 11.1 Å². The van der Waals surface area contributed by atoms with Crippen molar-refractivity contribution in [2.75, 3.05) is 13.2 Å². The molecule has 0 saturated heterocycles. The highest BCUT2D eigenvalue weighted by Gasteiger charge is 2.30. The van der Waals surface area contributed by atoms with Crippen LogP contribution in [0.4, 0.5) is 0 Å². The van der Waals surface area contributed by atoms with Crippen LogP contribution in [0.3, 0.4) is 0 Å². The fraction of sp³-hybridized carbons (Fsp3) is 0.231. The summed E-state index contributed by atoms with van der Waals surface area (Å²) in [5.41, 5.74) is 2.14. The summed E-state index contributed by atoms with van der Waals surface area (Å²) < 4.78 is 12.7. The van der Waals surface area contributed by atoms with Gasteiger partial charge in [-0.3, -0.25) is 19.1 Å². The molecule has 4 aromatic rings. The normalized spacial score (nSPS) is 16.9. The van der Waals surface area contributed by atoms with Crippen molar-refractivity contribution in [2.45, 2.75) is 25.3 Å². The second-order valence-corrected chi connectivity index (χ2v) is 8.61. The number of ether oxygens (including phenoxy) is 2. The van der Waals surface area contributed by atoms with Crippen LogP contribution < -0.4 is 20.7 Å². The molecule has 170 valence electrons. The van der Waals surface area contributed by atoms with Crippen molar-refractivity contribution in [2.24, 2.45) is 0 Å². The molecule has 1 aliphatic carbocycles. The number of carbonyl (C=O) groups is 1. The van der Waals surface area contributed by atoms with Crippen molar-refractivity contribution < 1.29 is 14.3 Å². The van der Waals surface area contributed by atoms with Crippen molar-refractivity contribution >= 4 is 16.8 Å². The Labute approximate surface area is 193 Å². The predicted octanol–water partition coefficient (Wildman–Crippen LogP) is 2.82. The first-order chi connectivity index (χ1) is 16.6. The number of hydrogen-bond donors (Lipinski definition) is 1. The molecule has 6 rings (SSSR count). The quantitative estimate of drug-likeness (QED) is 0.510. The molecule has 1 unspecified atom stereocenters. The maximum atomic E-state index is 13.0. The molecule has 2 aromatic heterocycles. The number of aromatic amines is 1. The summed E-state index contributed by atoms with van der Waals surface area (Å²) in [5, 5.41) is 0.295. The van der Waals surface area contributed by atoms with E-state index in [0.29, 0.717) is 54.1 Å². The van der Waals surface area contributed by atoms with Crippen molar-refractivity contribution in [3.63, 3.8) is 0 Å². The first-order valence-corrected chi connectivity index (χ1v) is 11.2. The smallest absolute Gasteiger partial charge is 0.330 e. The Morgan fingerprint density at radius 3 is 2.59 bits per heavy atom. The number of ketones is 1. The lowest BCUT2D eigenvalue weighted by atomic mass is 9.79. The molecule has 1 atom stereocenters. The number of nitrogens with zero attached hydrogens (tertiary/aromatic N) is 2. The highest BCUT2D eigenvalue weighted by Crippen LogP contribution is 2.35. The number of nitrogens with one attached hydrogen (secondary N) is 1. The lowest BCUT2D eigenvalue weighted by Crippen LogP contribution is -2.33. The number of pyridine rings is 1. The number of fused-ring (bicyclic) bond motifs is 4. The summed E-state index contributed by atoms with van der Waals surface area (Å²) in [7, 11) is 0. The van der Waals surface area contributed by atoms with Gasteiger partial charge in [0.25, 0.3) is 5.56 Å². The molecule has 2 aliphatic rings. The van der Waals surface area contributed by atoms with Crippen LogP contribution in [0.25, 0.3) is 11.0 Å². The summed E-state index contributed by atoms with van der Waals surface area (Å²) in [6, 6.07) is 15.3. The Balaban J connectivity index is 1.47. The van der Waals surface area contributed by atoms with Gasteiger partial charge in [0, 0.05) is 18.2 Å². The summed E-state index contributed by atoms with van der Waals surface area (Å²) in [5.74, 6) is 1.19. The first-order valence-electron chi connectivity index (χ1n) is 11.2. The van der Waals surface area contributed by atoms with E-state index in [9.17, 15) is 14.4 Å². The summed E-state index contributed by atoms with van der Waals surface area (Å²) in [4.78, 5) is 45.6. The number of Topliss-reactive ketones (excluding diaryl/α,β-unsaturated/α-hetero) is 1. The van der Waals surface area contributed by atoms with Gasteiger partial charge in [0.05, 0.1) is 11.9 Å². The monoisotopic (exact) mass is 455 g/mol. The average Bonchev–Trinajstić information content (AvgIpc) is 2.86. The average molecular weight is 455 g/mol. The molecule has 1 aliphatic heterocycles. The van der Waals surface area contributed by atoms with Crippen LogP contribution in [-0.2, 0) is 13.0 Å². The van der Waals surface area contributed by atoms with Gasteiger partial charge in [0.15, 0.2) is 17.3 Å². The van der Waals surface area contributed by atoms with E-state index in [2.05, 4.69) is 9.97 Å². The van der Waals surface area contributed by atoms with Crippen LogP contribution in [0.5, 0.6) is 11.5 Å². The summed E-state index contributed by atoms with van der Waals surface area (Å²) in [6.07, 6.45) is 2.38. The van der Waals surface area contributed by atoms with Gasteiger partial charge >= 0.3 is 5.69 Å². The zero-order valence-corrected chi connectivity index (χ0v) is 18.2. The summed E-state index contributed by atoms with van der Waals surface area (Å²) >= 11 is 0. The van der Waals surface area contributed by atoms with Gasteiger partial charge in [-0.25, -0.2) is 9.78 Å². The van der Waals surface area contributed by atoms with Gasteiger partial charge < -0.3 is 9.47 Å². The van der Waals surface area contributed by atoms with Crippen molar-refractivity contribution in [3.8, 4) is 11.5 Å². The second-order valence-electron chi connectivity index (χ2n) is 8.61. The van der Waals surface area contributed by atoms with E-state index in [1.807, 2.05) is 42.5 Å². The third-order valence-electron chi connectivity index (χ3n) is 6.52. The molecule has 2 aromatic carbocycles. The Hall–Kier alpha value is -4.20. The molecule has 0 saturated carbocycles. The second kappa shape index (κ2) is 7.98. The molecule has 0 bridgehead atoms. The standard InChI is InChI=1S/C26H21N3O5/c30-20-12-17(16-4-2-1-3-5-16)11-18-19(20)13-27-24-23(18)25(31)28-26(32)29(24)14-15-6-7-21-22(10-15)34-9-8-33-21/h1-7,10,13,17H,8-9,11-12,14H2,(H,28,31,32). The Morgan fingerprint density at radius 2 is 1.76 bits per heavy atom. The molecule has 3 heterocycles. The Morgan fingerprint density at radius 1 is 0.971 bits per heavy atom. The van der Waals surface area contributed by atoms with Gasteiger partial charge in [0.1, 0.15) is 18.9 Å². The topological polar surface area (TPSA) is 103 Å².